The lowest BCUT2D eigenvalue weighted by Crippen LogP contribution is -2.37. The topological polar surface area (TPSA) is 56.8 Å². The van der Waals surface area contributed by atoms with E-state index in [0.29, 0.717) is 12.3 Å². The molecule has 0 bridgehead atoms. The fraction of sp³-hybridized carbons (Fsp3) is 0.650. The number of anilines is 1. The van der Waals surface area contributed by atoms with Crippen LogP contribution in [0, 0.1) is 5.92 Å². The van der Waals surface area contributed by atoms with E-state index in [1.54, 1.807) is 11.1 Å². The van der Waals surface area contributed by atoms with Crippen LogP contribution in [0.15, 0.2) is 18.3 Å². The van der Waals surface area contributed by atoms with Crippen molar-refractivity contribution in [1.29, 1.82) is 0 Å². The van der Waals surface area contributed by atoms with Crippen LogP contribution in [-0.2, 0) is 4.79 Å². The molecule has 0 unspecified atom stereocenters. The average molecular weight is 358 g/mol. The zero-order valence-corrected chi connectivity index (χ0v) is 16.0. The highest BCUT2D eigenvalue weighted by Gasteiger charge is 2.24. The van der Waals surface area contributed by atoms with Gasteiger partial charge in [-0.1, -0.05) is 0 Å². The molecule has 0 N–H and O–H groups in total. The lowest BCUT2D eigenvalue weighted by Gasteiger charge is -2.34. The lowest BCUT2D eigenvalue weighted by atomic mass is 9.93. The van der Waals surface area contributed by atoms with Crippen LogP contribution < -0.4 is 4.90 Å². The van der Waals surface area contributed by atoms with Crippen LogP contribution in [0.2, 0.25) is 0 Å². The van der Waals surface area contributed by atoms with Gasteiger partial charge in [-0.3, -0.25) is 9.59 Å². The Labute approximate surface area is 156 Å². The molecule has 0 aromatic carbocycles. The summed E-state index contributed by atoms with van der Waals surface area (Å²) in [7, 11) is 3.62. The summed E-state index contributed by atoms with van der Waals surface area (Å²) in [5, 5.41) is 0. The number of hydrogen-bond donors (Lipinski definition) is 0. The maximum atomic E-state index is 12.6. The van der Waals surface area contributed by atoms with Crippen LogP contribution in [0.3, 0.4) is 0 Å². The molecule has 0 saturated carbocycles. The number of rotatable bonds is 5. The van der Waals surface area contributed by atoms with Gasteiger partial charge in [0.15, 0.2) is 0 Å². The van der Waals surface area contributed by atoms with Gasteiger partial charge in [-0.15, -0.1) is 0 Å². The Morgan fingerprint density at radius 2 is 1.96 bits per heavy atom. The number of pyridine rings is 1. The average Bonchev–Trinajstić information content (AvgIpc) is 3.20. The van der Waals surface area contributed by atoms with E-state index in [4.69, 9.17) is 0 Å². The van der Waals surface area contributed by atoms with Gasteiger partial charge >= 0.3 is 0 Å². The molecule has 3 rings (SSSR count). The third kappa shape index (κ3) is 4.54. The van der Waals surface area contributed by atoms with Crippen molar-refractivity contribution < 1.29 is 9.59 Å². The number of amides is 2. The van der Waals surface area contributed by atoms with Crippen LogP contribution in [-0.4, -0.2) is 66.9 Å². The van der Waals surface area contributed by atoms with E-state index < -0.39 is 0 Å². The molecular weight excluding hydrogens is 328 g/mol. The second kappa shape index (κ2) is 8.52. The first-order valence-corrected chi connectivity index (χ1v) is 9.75. The summed E-state index contributed by atoms with van der Waals surface area (Å²) < 4.78 is 0. The highest BCUT2D eigenvalue weighted by atomic mass is 16.2. The van der Waals surface area contributed by atoms with Gasteiger partial charge in [0.05, 0.1) is 0 Å². The maximum absolute atomic E-state index is 12.6. The second-order valence-corrected chi connectivity index (χ2v) is 7.68. The molecule has 3 heterocycles. The summed E-state index contributed by atoms with van der Waals surface area (Å²) in [6.07, 6.45) is 7.73. The van der Waals surface area contributed by atoms with E-state index in [1.807, 2.05) is 31.1 Å². The Bertz CT molecular complexity index is 640. The van der Waals surface area contributed by atoms with Gasteiger partial charge in [0.25, 0.3) is 5.91 Å². The minimum Gasteiger partial charge on any atom is -0.356 e. The van der Waals surface area contributed by atoms with E-state index in [-0.39, 0.29) is 11.8 Å². The Morgan fingerprint density at radius 3 is 2.69 bits per heavy atom. The fourth-order valence-electron chi connectivity index (χ4n) is 3.89. The molecule has 2 aliphatic heterocycles. The zero-order chi connectivity index (χ0) is 18.5. The fourth-order valence-corrected chi connectivity index (χ4v) is 3.89. The summed E-state index contributed by atoms with van der Waals surface area (Å²) in [6, 6.07) is 3.76. The molecule has 6 nitrogen and oxygen atoms in total. The van der Waals surface area contributed by atoms with E-state index >= 15 is 0 Å². The number of piperidine rings is 1. The van der Waals surface area contributed by atoms with Crippen molar-refractivity contribution in [2.75, 3.05) is 45.2 Å². The predicted octanol–water partition coefficient (Wildman–Crippen LogP) is 2.40. The van der Waals surface area contributed by atoms with Crippen LogP contribution in [0.4, 0.5) is 5.82 Å². The summed E-state index contributed by atoms with van der Waals surface area (Å²) in [5.41, 5.74) is 0.738. The quantitative estimate of drug-likeness (QED) is 0.811. The Balaban J connectivity index is 1.62. The highest BCUT2D eigenvalue weighted by Crippen LogP contribution is 2.26. The summed E-state index contributed by atoms with van der Waals surface area (Å²) >= 11 is 0. The summed E-state index contributed by atoms with van der Waals surface area (Å²) in [6.45, 7) is 3.60. The normalized spacial score (nSPS) is 20.3. The molecule has 2 saturated heterocycles. The lowest BCUT2D eigenvalue weighted by molar-refractivity contribution is -0.129. The minimum absolute atomic E-state index is 0.122. The number of likely N-dealkylation sites (tertiary alicyclic amines) is 1. The van der Waals surface area contributed by atoms with E-state index in [9.17, 15) is 9.59 Å². The molecule has 1 aromatic heterocycles. The van der Waals surface area contributed by atoms with Crippen molar-refractivity contribution >= 4 is 17.6 Å². The molecule has 142 valence electrons. The first-order chi connectivity index (χ1) is 12.5. The molecular formula is C20H30N4O2. The molecule has 26 heavy (non-hydrogen) atoms. The third-order valence-corrected chi connectivity index (χ3v) is 5.49. The largest absolute Gasteiger partial charge is 0.356 e. The Kier molecular flexibility index (Phi) is 6.12. The van der Waals surface area contributed by atoms with Gasteiger partial charge in [0.2, 0.25) is 5.91 Å². The van der Waals surface area contributed by atoms with Crippen LogP contribution >= 0.6 is 0 Å². The molecule has 6 heteroatoms. The smallest absolute Gasteiger partial charge is 0.254 e. The van der Waals surface area contributed by atoms with Gasteiger partial charge < -0.3 is 14.7 Å². The predicted molar refractivity (Wildman–Crippen MR) is 102 cm³/mol. The monoisotopic (exact) mass is 358 g/mol. The summed E-state index contributed by atoms with van der Waals surface area (Å²) in [5.74, 6) is 1.71. The maximum Gasteiger partial charge on any atom is 0.254 e. The number of carbonyl (C=O) groups is 2. The second-order valence-electron chi connectivity index (χ2n) is 7.68. The van der Waals surface area contributed by atoms with Gasteiger partial charge in [-0.25, -0.2) is 4.98 Å². The van der Waals surface area contributed by atoms with E-state index in [2.05, 4.69) is 9.88 Å². The first-order valence-electron chi connectivity index (χ1n) is 9.75. The van der Waals surface area contributed by atoms with Crippen molar-refractivity contribution in [3.8, 4) is 0 Å². The third-order valence-electron chi connectivity index (χ3n) is 5.49. The van der Waals surface area contributed by atoms with E-state index in [1.165, 1.54) is 0 Å². The van der Waals surface area contributed by atoms with Gasteiger partial charge in [0, 0.05) is 58.5 Å². The van der Waals surface area contributed by atoms with Crippen LogP contribution in [0.5, 0.6) is 0 Å². The number of nitrogens with zero attached hydrogens (tertiary/aromatic N) is 4. The minimum atomic E-state index is 0.122. The molecule has 1 aromatic rings. The molecule has 0 radical (unpaired) electrons. The molecule has 2 fully saturated rings. The van der Waals surface area contributed by atoms with Gasteiger partial charge in [-0.05, 0) is 50.2 Å². The van der Waals surface area contributed by atoms with Crippen molar-refractivity contribution in [2.24, 2.45) is 5.92 Å². The zero-order valence-electron chi connectivity index (χ0n) is 16.0. The number of hydrogen-bond acceptors (Lipinski definition) is 4. The van der Waals surface area contributed by atoms with Crippen LogP contribution in [0.25, 0.3) is 0 Å². The Morgan fingerprint density at radius 1 is 1.19 bits per heavy atom. The SMILES string of the molecule is CN(C)C(=O)CC[C@H]1CCCN(c2cc(C(=O)N3CCCC3)ccn2)C1. The van der Waals surface area contributed by atoms with Crippen molar-refractivity contribution in [2.45, 2.75) is 38.5 Å². The molecule has 0 aliphatic carbocycles. The van der Waals surface area contributed by atoms with Crippen molar-refractivity contribution in [1.82, 2.24) is 14.8 Å². The standard InChI is InChI=1S/C20H30N4O2/c1-22(2)19(25)8-7-16-6-5-13-24(15-16)18-14-17(9-10-21-18)20(26)23-11-3-4-12-23/h9-10,14,16H,3-8,11-13,15H2,1-2H3/t16-/m1/s1. The number of aromatic nitrogens is 1. The Hall–Kier alpha value is -2.11. The first kappa shape index (κ1) is 18.7. The number of carbonyl (C=O) groups excluding carboxylic acids is 2. The highest BCUT2D eigenvalue weighted by molar-refractivity contribution is 5.95. The molecule has 1 atom stereocenters. The van der Waals surface area contributed by atoms with Gasteiger partial charge in [0.1, 0.15) is 5.82 Å². The summed E-state index contributed by atoms with van der Waals surface area (Å²) in [4.78, 5) is 34.8. The van der Waals surface area contributed by atoms with Crippen molar-refractivity contribution in [3.05, 3.63) is 23.9 Å². The van der Waals surface area contributed by atoms with Gasteiger partial charge in [-0.2, -0.15) is 0 Å². The molecule has 0 spiro atoms. The van der Waals surface area contributed by atoms with Crippen LogP contribution in [0.1, 0.15) is 48.9 Å². The molecule has 2 amide bonds. The van der Waals surface area contributed by atoms with E-state index in [0.717, 1.165) is 69.7 Å². The molecule has 2 aliphatic rings. The van der Waals surface area contributed by atoms with Crippen molar-refractivity contribution in [3.63, 3.8) is 0 Å².